The molecule has 3 atom stereocenters. The van der Waals surface area contributed by atoms with Crippen molar-refractivity contribution in [2.75, 3.05) is 19.6 Å². The second-order valence-electron chi connectivity index (χ2n) is 7.58. The van der Waals surface area contributed by atoms with Crippen molar-refractivity contribution < 1.29 is 9.18 Å². The highest BCUT2D eigenvalue weighted by Gasteiger charge is 2.60. The van der Waals surface area contributed by atoms with Gasteiger partial charge in [-0.05, 0) is 43.4 Å². The van der Waals surface area contributed by atoms with E-state index in [9.17, 15) is 9.18 Å². The molecule has 1 saturated heterocycles. The fourth-order valence-corrected chi connectivity index (χ4v) is 5.05. The van der Waals surface area contributed by atoms with Gasteiger partial charge in [0.1, 0.15) is 17.2 Å². The molecule has 1 saturated carbocycles. The van der Waals surface area contributed by atoms with Crippen molar-refractivity contribution in [3.05, 3.63) is 35.6 Å². The van der Waals surface area contributed by atoms with Gasteiger partial charge in [-0.3, -0.25) is 19.6 Å². The number of rotatable bonds is 4. The molecule has 4 nitrogen and oxygen atoms in total. The Labute approximate surface area is 148 Å². The molecule has 0 aromatic heterocycles. The molecule has 4 rings (SSSR count). The number of carbonyl (C=O) groups excluding carboxylic acids is 1. The maximum absolute atomic E-state index is 13.1. The van der Waals surface area contributed by atoms with Crippen LogP contribution in [0.25, 0.3) is 0 Å². The monoisotopic (exact) mass is 343 g/mol. The fraction of sp³-hybridized carbons (Fsp3) is 0.600. The van der Waals surface area contributed by atoms with Gasteiger partial charge in [0.2, 0.25) is 0 Å². The zero-order valence-corrected chi connectivity index (χ0v) is 15.0. The molecule has 1 aliphatic carbocycles. The standard InChI is InChI=1S/C20H26FN3O/c1-3-18-22-20(19(25)24(18)4-2)10-9-15-12-23(13-17(15)20)11-14-5-7-16(21)8-6-14/h5-8,15,17H,3-4,9-13H2,1-2H3/t15-,17+,20-/m1/s1. The second-order valence-corrected chi connectivity index (χ2v) is 7.58. The number of nitrogens with zero attached hydrogens (tertiary/aromatic N) is 3. The quantitative estimate of drug-likeness (QED) is 0.842. The molecular weight excluding hydrogens is 317 g/mol. The van der Waals surface area contributed by atoms with Gasteiger partial charge in [-0.15, -0.1) is 0 Å². The summed E-state index contributed by atoms with van der Waals surface area (Å²) in [6, 6.07) is 6.74. The van der Waals surface area contributed by atoms with Gasteiger partial charge in [-0.25, -0.2) is 4.39 Å². The molecule has 2 aliphatic heterocycles. The normalized spacial score (nSPS) is 31.9. The minimum Gasteiger partial charge on any atom is -0.299 e. The van der Waals surface area contributed by atoms with E-state index in [1.807, 2.05) is 24.0 Å². The molecule has 25 heavy (non-hydrogen) atoms. The third-order valence-corrected chi connectivity index (χ3v) is 6.23. The smallest absolute Gasteiger partial charge is 0.256 e. The highest BCUT2D eigenvalue weighted by molar-refractivity contribution is 6.08. The fourth-order valence-electron chi connectivity index (χ4n) is 5.05. The summed E-state index contributed by atoms with van der Waals surface area (Å²) in [7, 11) is 0. The molecule has 2 fully saturated rings. The van der Waals surface area contributed by atoms with Crippen molar-refractivity contribution in [1.29, 1.82) is 0 Å². The maximum Gasteiger partial charge on any atom is 0.256 e. The number of hydrogen-bond acceptors (Lipinski definition) is 3. The minimum atomic E-state index is -0.510. The molecule has 1 spiro atoms. The number of benzene rings is 1. The third kappa shape index (κ3) is 2.60. The lowest BCUT2D eigenvalue weighted by Gasteiger charge is -2.28. The van der Waals surface area contributed by atoms with Gasteiger partial charge in [0.25, 0.3) is 5.91 Å². The molecule has 1 amide bonds. The molecule has 5 heteroatoms. The summed E-state index contributed by atoms with van der Waals surface area (Å²) < 4.78 is 13.1. The van der Waals surface area contributed by atoms with E-state index in [2.05, 4.69) is 11.8 Å². The lowest BCUT2D eigenvalue weighted by Crippen LogP contribution is -2.46. The summed E-state index contributed by atoms with van der Waals surface area (Å²) in [4.78, 5) is 22.4. The Hall–Kier alpha value is -1.75. The van der Waals surface area contributed by atoms with Crippen LogP contribution < -0.4 is 0 Å². The summed E-state index contributed by atoms with van der Waals surface area (Å²) in [6.45, 7) is 7.56. The molecule has 3 aliphatic rings. The van der Waals surface area contributed by atoms with Gasteiger partial charge in [0.15, 0.2) is 0 Å². The average molecular weight is 343 g/mol. The molecule has 0 N–H and O–H groups in total. The summed E-state index contributed by atoms with van der Waals surface area (Å²) in [5, 5.41) is 0. The van der Waals surface area contributed by atoms with E-state index in [-0.39, 0.29) is 11.7 Å². The third-order valence-electron chi connectivity index (χ3n) is 6.23. The lowest BCUT2D eigenvalue weighted by atomic mass is 9.85. The number of amides is 1. The van der Waals surface area contributed by atoms with Crippen molar-refractivity contribution in [2.24, 2.45) is 16.8 Å². The second kappa shape index (κ2) is 6.20. The van der Waals surface area contributed by atoms with Crippen LogP contribution in [0.5, 0.6) is 0 Å². The average Bonchev–Trinajstić information content (AvgIpc) is 3.24. The molecular formula is C20H26FN3O. The number of carbonyl (C=O) groups is 1. The summed E-state index contributed by atoms with van der Waals surface area (Å²) in [5.74, 6) is 1.85. The number of likely N-dealkylation sites (tertiary alicyclic amines) is 1. The Morgan fingerprint density at radius 1 is 1.24 bits per heavy atom. The predicted octanol–water partition coefficient (Wildman–Crippen LogP) is 3.08. The first kappa shape index (κ1) is 16.7. The highest BCUT2D eigenvalue weighted by atomic mass is 19.1. The van der Waals surface area contributed by atoms with Crippen LogP contribution in [-0.2, 0) is 11.3 Å². The van der Waals surface area contributed by atoms with Crippen molar-refractivity contribution in [1.82, 2.24) is 9.80 Å². The molecule has 0 bridgehead atoms. The first-order valence-electron chi connectivity index (χ1n) is 9.45. The van der Waals surface area contributed by atoms with Crippen LogP contribution in [0.15, 0.2) is 29.3 Å². The van der Waals surface area contributed by atoms with Crippen LogP contribution in [0.2, 0.25) is 0 Å². The van der Waals surface area contributed by atoms with Crippen LogP contribution in [0.4, 0.5) is 4.39 Å². The van der Waals surface area contributed by atoms with Crippen LogP contribution in [0.1, 0.15) is 38.7 Å². The largest absolute Gasteiger partial charge is 0.299 e. The summed E-state index contributed by atoms with van der Waals surface area (Å²) in [5.41, 5.74) is 0.616. The van der Waals surface area contributed by atoms with Gasteiger partial charge in [-0.1, -0.05) is 19.1 Å². The van der Waals surface area contributed by atoms with Crippen LogP contribution in [0.3, 0.4) is 0 Å². The van der Waals surface area contributed by atoms with Crippen LogP contribution >= 0.6 is 0 Å². The Balaban J connectivity index is 1.53. The van der Waals surface area contributed by atoms with E-state index in [0.29, 0.717) is 18.4 Å². The van der Waals surface area contributed by atoms with Gasteiger partial charge < -0.3 is 0 Å². The van der Waals surface area contributed by atoms with E-state index in [0.717, 1.165) is 50.3 Å². The first-order valence-corrected chi connectivity index (χ1v) is 9.45. The SMILES string of the molecule is CCC1=N[C@@]2(CC[C@@H]3CN(Cc4ccc(F)cc4)C[C@@H]32)C(=O)N1CC. The van der Waals surface area contributed by atoms with Gasteiger partial charge >= 0.3 is 0 Å². The molecule has 0 unspecified atom stereocenters. The Morgan fingerprint density at radius 2 is 2.00 bits per heavy atom. The zero-order chi connectivity index (χ0) is 17.6. The van der Waals surface area contributed by atoms with E-state index >= 15 is 0 Å². The van der Waals surface area contributed by atoms with E-state index in [4.69, 9.17) is 4.99 Å². The summed E-state index contributed by atoms with van der Waals surface area (Å²) in [6.07, 6.45) is 2.79. The first-order chi connectivity index (χ1) is 12.1. The minimum absolute atomic E-state index is 0.196. The molecule has 1 aromatic rings. The number of fused-ring (bicyclic) bond motifs is 2. The van der Waals surface area contributed by atoms with Crippen molar-refractivity contribution >= 4 is 11.7 Å². The Bertz CT molecular complexity index is 701. The number of amidine groups is 1. The topological polar surface area (TPSA) is 35.9 Å². The molecule has 2 heterocycles. The van der Waals surface area contributed by atoms with Crippen molar-refractivity contribution in [2.45, 2.75) is 45.2 Å². The zero-order valence-electron chi connectivity index (χ0n) is 15.0. The molecule has 0 radical (unpaired) electrons. The Kier molecular flexibility index (Phi) is 4.14. The number of halogens is 1. The highest BCUT2D eigenvalue weighted by Crippen LogP contribution is 2.50. The number of likely N-dealkylation sites (N-methyl/N-ethyl adjacent to an activating group) is 1. The Morgan fingerprint density at radius 3 is 2.64 bits per heavy atom. The summed E-state index contributed by atoms with van der Waals surface area (Å²) >= 11 is 0. The number of hydrogen-bond donors (Lipinski definition) is 0. The molecule has 1 aromatic carbocycles. The van der Waals surface area contributed by atoms with Gasteiger partial charge in [-0.2, -0.15) is 0 Å². The maximum atomic E-state index is 13.1. The molecule has 134 valence electrons. The van der Waals surface area contributed by atoms with Gasteiger partial charge in [0.05, 0.1) is 0 Å². The van der Waals surface area contributed by atoms with Crippen LogP contribution in [-0.4, -0.2) is 46.7 Å². The van der Waals surface area contributed by atoms with Gasteiger partial charge in [0, 0.05) is 38.5 Å². The van der Waals surface area contributed by atoms with E-state index < -0.39 is 5.54 Å². The van der Waals surface area contributed by atoms with E-state index in [1.54, 1.807) is 0 Å². The van der Waals surface area contributed by atoms with Crippen molar-refractivity contribution in [3.63, 3.8) is 0 Å². The predicted molar refractivity (Wildman–Crippen MR) is 95.7 cm³/mol. The van der Waals surface area contributed by atoms with Crippen LogP contribution in [0, 0.1) is 17.7 Å². The lowest BCUT2D eigenvalue weighted by molar-refractivity contribution is -0.132. The van der Waals surface area contributed by atoms with Crippen molar-refractivity contribution in [3.8, 4) is 0 Å². The van der Waals surface area contributed by atoms with E-state index in [1.165, 1.54) is 12.1 Å². The number of aliphatic imine (C=N–C) groups is 1.